The molecule has 0 aliphatic carbocycles. The zero-order valence-electron chi connectivity index (χ0n) is 17.0. The number of hydrogen-bond donors (Lipinski definition) is 0. The fourth-order valence-corrected chi connectivity index (χ4v) is 5.26. The third kappa shape index (κ3) is 4.30. The highest BCUT2D eigenvalue weighted by atomic mass is 32.1. The standard InChI is InChI=1S/C22H21N5O2S2/c1-15-19(31-21(23-15)16-6-3-2-4-7-16)22(28)27-11-9-26(10-12-27)14-18-24-20(25-29-18)17-8-5-13-30-17/h2-8,13H,9-12,14H2,1H3. The van der Waals surface area contributed by atoms with Crippen LogP contribution in [0.25, 0.3) is 21.3 Å². The van der Waals surface area contributed by atoms with Crippen molar-refractivity contribution in [3.05, 3.63) is 64.3 Å². The SMILES string of the molecule is Cc1nc(-c2ccccc2)sc1C(=O)N1CCN(Cc2nc(-c3cccs3)no2)CC1. The molecular formula is C22H21N5O2S2. The molecule has 9 heteroatoms. The quantitative estimate of drug-likeness (QED) is 0.453. The minimum absolute atomic E-state index is 0.0644. The molecule has 0 atom stereocenters. The predicted octanol–water partition coefficient (Wildman–Crippen LogP) is 4.19. The summed E-state index contributed by atoms with van der Waals surface area (Å²) in [4.78, 5) is 28.1. The Labute approximate surface area is 188 Å². The molecule has 1 saturated heterocycles. The molecular weight excluding hydrogens is 430 g/mol. The van der Waals surface area contributed by atoms with E-state index in [4.69, 9.17) is 4.52 Å². The molecule has 7 nitrogen and oxygen atoms in total. The van der Waals surface area contributed by atoms with Crippen molar-refractivity contribution < 1.29 is 9.32 Å². The Morgan fingerprint density at radius 1 is 1.06 bits per heavy atom. The van der Waals surface area contributed by atoms with Gasteiger partial charge in [-0.1, -0.05) is 41.6 Å². The van der Waals surface area contributed by atoms with Gasteiger partial charge in [0.15, 0.2) is 0 Å². The monoisotopic (exact) mass is 451 g/mol. The molecule has 1 aromatic carbocycles. The molecule has 5 rings (SSSR count). The first-order valence-corrected chi connectivity index (χ1v) is 11.8. The summed E-state index contributed by atoms with van der Waals surface area (Å²) in [6.07, 6.45) is 0. The maximum atomic E-state index is 13.1. The van der Waals surface area contributed by atoms with Gasteiger partial charge in [0.05, 0.1) is 17.1 Å². The van der Waals surface area contributed by atoms with Crippen molar-refractivity contribution in [3.63, 3.8) is 0 Å². The average Bonchev–Trinajstić information content (AvgIpc) is 3.55. The van der Waals surface area contributed by atoms with Gasteiger partial charge in [0, 0.05) is 31.7 Å². The Hall–Kier alpha value is -2.88. The number of aromatic nitrogens is 3. The van der Waals surface area contributed by atoms with Gasteiger partial charge < -0.3 is 9.42 Å². The van der Waals surface area contributed by atoms with Crippen LogP contribution >= 0.6 is 22.7 Å². The third-order valence-corrected chi connectivity index (χ3v) is 7.30. The summed E-state index contributed by atoms with van der Waals surface area (Å²) < 4.78 is 5.41. The lowest BCUT2D eigenvalue weighted by molar-refractivity contribution is 0.0619. The van der Waals surface area contributed by atoms with Crippen LogP contribution in [-0.4, -0.2) is 57.0 Å². The van der Waals surface area contributed by atoms with E-state index >= 15 is 0 Å². The van der Waals surface area contributed by atoms with Crippen LogP contribution in [-0.2, 0) is 6.54 Å². The summed E-state index contributed by atoms with van der Waals surface area (Å²) in [5, 5.41) is 6.95. The van der Waals surface area contributed by atoms with E-state index in [1.54, 1.807) is 11.3 Å². The third-order valence-electron chi connectivity index (χ3n) is 5.24. The van der Waals surface area contributed by atoms with Crippen molar-refractivity contribution in [2.45, 2.75) is 13.5 Å². The van der Waals surface area contributed by atoms with Crippen LogP contribution in [0.4, 0.5) is 0 Å². The van der Waals surface area contributed by atoms with Crippen LogP contribution in [0.1, 0.15) is 21.3 Å². The van der Waals surface area contributed by atoms with E-state index in [0.29, 0.717) is 31.3 Å². The van der Waals surface area contributed by atoms with E-state index in [0.717, 1.165) is 39.1 Å². The van der Waals surface area contributed by atoms with Crippen LogP contribution in [0.15, 0.2) is 52.4 Å². The number of thiophene rings is 1. The van der Waals surface area contributed by atoms with Gasteiger partial charge in [-0.2, -0.15) is 4.98 Å². The molecule has 31 heavy (non-hydrogen) atoms. The van der Waals surface area contributed by atoms with Gasteiger partial charge in [0.2, 0.25) is 11.7 Å². The number of amides is 1. The number of carbonyl (C=O) groups excluding carboxylic acids is 1. The zero-order valence-corrected chi connectivity index (χ0v) is 18.7. The van der Waals surface area contributed by atoms with Gasteiger partial charge in [-0.15, -0.1) is 22.7 Å². The number of piperazine rings is 1. The van der Waals surface area contributed by atoms with Crippen LogP contribution < -0.4 is 0 Å². The minimum Gasteiger partial charge on any atom is -0.338 e. The molecule has 1 fully saturated rings. The van der Waals surface area contributed by atoms with Gasteiger partial charge in [0.1, 0.15) is 9.88 Å². The molecule has 1 amide bonds. The summed E-state index contributed by atoms with van der Waals surface area (Å²) in [6, 6.07) is 13.9. The number of hydrogen-bond acceptors (Lipinski definition) is 8. The molecule has 0 bridgehead atoms. The van der Waals surface area contributed by atoms with Crippen molar-refractivity contribution in [2.75, 3.05) is 26.2 Å². The molecule has 158 valence electrons. The number of thiazole rings is 1. The number of nitrogens with zero attached hydrogens (tertiary/aromatic N) is 5. The maximum absolute atomic E-state index is 13.1. The maximum Gasteiger partial charge on any atom is 0.265 e. The predicted molar refractivity (Wildman–Crippen MR) is 121 cm³/mol. The van der Waals surface area contributed by atoms with Gasteiger partial charge in [-0.25, -0.2) is 4.98 Å². The van der Waals surface area contributed by atoms with E-state index in [-0.39, 0.29) is 5.91 Å². The second kappa shape index (κ2) is 8.70. The van der Waals surface area contributed by atoms with E-state index in [2.05, 4.69) is 20.0 Å². The number of carbonyl (C=O) groups is 1. The van der Waals surface area contributed by atoms with E-state index in [1.165, 1.54) is 11.3 Å². The molecule has 4 aromatic rings. The average molecular weight is 452 g/mol. The topological polar surface area (TPSA) is 75.4 Å². The summed E-state index contributed by atoms with van der Waals surface area (Å²) in [5.41, 5.74) is 1.84. The van der Waals surface area contributed by atoms with Crippen LogP contribution in [0.5, 0.6) is 0 Å². The summed E-state index contributed by atoms with van der Waals surface area (Å²) >= 11 is 3.06. The molecule has 0 saturated carbocycles. The van der Waals surface area contributed by atoms with Crippen molar-refractivity contribution >= 4 is 28.6 Å². The van der Waals surface area contributed by atoms with Gasteiger partial charge in [-0.3, -0.25) is 9.69 Å². The second-order valence-corrected chi connectivity index (χ2v) is 9.30. The Kier molecular flexibility index (Phi) is 5.63. The highest BCUT2D eigenvalue weighted by molar-refractivity contribution is 7.17. The van der Waals surface area contributed by atoms with Crippen molar-refractivity contribution in [1.29, 1.82) is 0 Å². The first-order chi connectivity index (χ1) is 15.2. The lowest BCUT2D eigenvalue weighted by atomic mass is 10.2. The molecule has 0 radical (unpaired) electrons. The largest absolute Gasteiger partial charge is 0.338 e. The Morgan fingerprint density at radius 3 is 2.61 bits per heavy atom. The summed E-state index contributed by atoms with van der Waals surface area (Å²) in [7, 11) is 0. The molecule has 3 aromatic heterocycles. The van der Waals surface area contributed by atoms with E-state index in [1.807, 2.05) is 59.7 Å². The molecule has 0 unspecified atom stereocenters. The fourth-order valence-electron chi connectivity index (χ4n) is 3.57. The smallest absolute Gasteiger partial charge is 0.265 e. The van der Waals surface area contributed by atoms with Gasteiger partial charge >= 0.3 is 0 Å². The highest BCUT2D eigenvalue weighted by Gasteiger charge is 2.26. The number of rotatable bonds is 5. The van der Waals surface area contributed by atoms with Crippen LogP contribution in [0, 0.1) is 6.92 Å². The molecule has 4 heterocycles. The highest BCUT2D eigenvalue weighted by Crippen LogP contribution is 2.29. The second-order valence-electron chi connectivity index (χ2n) is 7.36. The first-order valence-electron chi connectivity index (χ1n) is 10.1. The van der Waals surface area contributed by atoms with Gasteiger partial charge in [0.25, 0.3) is 5.91 Å². The summed E-state index contributed by atoms with van der Waals surface area (Å²) in [5.74, 6) is 1.30. The Bertz CT molecular complexity index is 1160. The first kappa shape index (κ1) is 20.0. The van der Waals surface area contributed by atoms with Crippen molar-refractivity contribution in [3.8, 4) is 21.3 Å². The van der Waals surface area contributed by atoms with Crippen molar-refractivity contribution in [1.82, 2.24) is 24.9 Å². The molecule has 0 spiro atoms. The van der Waals surface area contributed by atoms with Crippen LogP contribution in [0.3, 0.4) is 0 Å². The Balaban J connectivity index is 1.20. The normalized spacial score (nSPS) is 14.8. The van der Waals surface area contributed by atoms with E-state index < -0.39 is 0 Å². The Morgan fingerprint density at radius 2 is 1.87 bits per heavy atom. The number of benzene rings is 1. The lowest BCUT2D eigenvalue weighted by Crippen LogP contribution is -2.48. The fraction of sp³-hybridized carbons (Fsp3) is 0.273. The van der Waals surface area contributed by atoms with Gasteiger partial charge in [-0.05, 0) is 18.4 Å². The van der Waals surface area contributed by atoms with Crippen LogP contribution in [0.2, 0.25) is 0 Å². The molecule has 0 N–H and O–H groups in total. The van der Waals surface area contributed by atoms with E-state index in [9.17, 15) is 4.79 Å². The van der Waals surface area contributed by atoms with Crippen molar-refractivity contribution in [2.24, 2.45) is 0 Å². The minimum atomic E-state index is 0.0644. The summed E-state index contributed by atoms with van der Waals surface area (Å²) in [6.45, 7) is 5.38. The molecule has 1 aliphatic heterocycles. The lowest BCUT2D eigenvalue weighted by Gasteiger charge is -2.33. The zero-order chi connectivity index (χ0) is 21.2. The molecule has 1 aliphatic rings. The number of aryl methyl sites for hydroxylation is 1.